The van der Waals surface area contributed by atoms with Crippen LogP contribution in [0, 0.1) is 13.8 Å². The number of anilines is 2. The molecule has 0 saturated heterocycles. The van der Waals surface area contributed by atoms with E-state index in [1.165, 1.54) is 4.31 Å². The highest BCUT2D eigenvalue weighted by molar-refractivity contribution is 7.92. The molecule has 6 nitrogen and oxygen atoms in total. The minimum atomic E-state index is -3.88. The van der Waals surface area contributed by atoms with Crippen LogP contribution in [0.2, 0.25) is 0 Å². The Hall–Kier alpha value is -3.32. The average Bonchev–Trinajstić information content (AvgIpc) is 2.78. The zero-order valence-corrected chi connectivity index (χ0v) is 19.1. The van der Waals surface area contributed by atoms with E-state index in [2.05, 4.69) is 5.32 Å². The molecule has 1 N–H and O–H groups in total. The van der Waals surface area contributed by atoms with E-state index in [-0.39, 0.29) is 17.3 Å². The van der Waals surface area contributed by atoms with Crippen LogP contribution in [0.15, 0.2) is 71.6 Å². The number of fused-ring (bicyclic) bond motifs is 1. The van der Waals surface area contributed by atoms with Gasteiger partial charge in [-0.15, -0.1) is 0 Å². The highest BCUT2D eigenvalue weighted by atomic mass is 32.2. The van der Waals surface area contributed by atoms with Gasteiger partial charge in [-0.3, -0.25) is 9.10 Å². The van der Waals surface area contributed by atoms with Gasteiger partial charge in [-0.05, 0) is 61.7 Å². The van der Waals surface area contributed by atoms with Gasteiger partial charge in [-0.1, -0.05) is 48.9 Å². The maximum atomic E-state index is 13.5. The normalized spacial score (nSPS) is 15.6. The van der Waals surface area contributed by atoms with Crippen molar-refractivity contribution in [3.63, 3.8) is 0 Å². The first-order valence-corrected chi connectivity index (χ1v) is 12.0. The van der Waals surface area contributed by atoms with Gasteiger partial charge in [0.15, 0.2) is 6.10 Å². The van der Waals surface area contributed by atoms with Crippen molar-refractivity contribution >= 4 is 27.3 Å². The summed E-state index contributed by atoms with van der Waals surface area (Å²) in [5.74, 6) is -0.0157. The Kier molecular flexibility index (Phi) is 5.93. The summed E-state index contributed by atoms with van der Waals surface area (Å²) in [6.07, 6.45) is -0.229. The lowest BCUT2D eigenvalue weighted by Gasteiger charge is -2.35. The molecular weight excluding hydrogens is 424 g/mol. The number of hydrogen-bond acceptors (Lipinski definition) is 4. The highest BCUT2D eigenvalue weighted by Crippen LogP contribution is 2.38. The molecular formula is C25H26N2O4S. The lowest BCUT2D eigenvalue weighted by Crippen LogP contribution is -2.48. The second-order valence-corrected chi connectivity index (χ2v) is 9.79. The van der Waals surface area contributed by atoms with E-state index in [9.17, 15) is 13.2 Å². The smallest absolute Gasteiger partial charge is 0.267 e. The molecule has 166 valence electrons. The fraction of sp³-hybridized carbons (Fsp3) is 0.240. The van der Waals surface area contributed by atoms with Crippen LogP contribution < -0.4 is 14.4 Å². The minimum Gasteiger partial charge on any atom is -0.476 e. The zero-order valence-electron chi connectivity index (χ0n) is 18.3. The van der Waals surface area contributed by atoms with Crippen molar-refractivity contribution in [3.8, 4) is 5.75 Å². The molecule has 3 aromatic carbocycles. The molecule has 1 aliphatic rings. The van der Waals surface area contributed by atoms with Crippen LogP contribution in [-0.2, 0) is 21.2 Å². The molecule has 32 heavy (non-hydrogen) atoms. The Bertz CT molecular complexity index is 1250. The summed E-state index contributed by atoms with van der Waals surface area (Å²) in [5, 5.41) is 2.91. The van der Waals surface area contributed by atoms with E-state index in [0.29, 0.717) is 17.1 Å². The number of nitrogens with one attached hydrogen (secondary N) is 1. The fourth-order valence-electron chi connectivity index (χ4n) is 3.73. The van der Waals surface area contributed by atoms with Crippen LogP contribution in [0.1, 0.15) is 23.6 Å². The summed E-state index contributed by atoms with van der Waals surface area (Å²) >= 11 is 0. The van der Waals surface area contributed by atoms with E-state index in [4.69, 9.17) is 4.74 Å². The molecule has 3 aromatic rings. The molecule has 4 rings (SSSR count). The second kappa shape index (κ2) is 8.67. The van der Waals surface area contributed by atoms with E-state index in [1.807, 2.05) is 51.1 Å². The largest absolute Gasteiger partial charge is 0.476 e. The molecule has 1 atom stereocenters. The summed E-state index contributed by atoms with van der Waals surface area (Å²) in [6.45, 7) is 5.69. The number of hydrogen-bond donors (Lipinski definition) is 1. The fourth-order valence-corrected chi connectivity index (χ4v) is 5.20. The summed E-state index contributed by atoms with van der Waals surface area (Å²) in [7, 11) is -3.88. The van der Waals surface area contributed by atoms with Crippen LogP contribution in [-0.4, -0.2) is 27.0 Å². The van der Waals surface area contributed by atoms with Gasteiger partial charge in [0.1, 0.15) is 5.75 Å². The second-order valence-electron chi connectivity index (χ2n) is 7.93. The van der Waals surface area contributed by atoms with Gasteiger partial charge in [-0.2, -0.15) is 0 Å². The number of ether oxygens (including phenoxy) is 1. The molecule has 1 amide bonds. The van der Waals surface area contributed by atoms with Crippen molar-refractivity contribution in [1.29, 1.82) is 0 Å². The van der Waals surface area contributed by atoms with E-state index >= 15 is 0 Å². The summed E-state index contributed by atoms with van der Waals surface area (Å²) in [4.78, 5) is 13.3. The zero-order chi connectivity index (χ0) is 22.9. The molecule has 0 aromatic heterocycles. The number of amides is 1. The molecule has 0 fully saturated rings. The Morgan fingerprint density at radius 3 is 2.44 bits per heavy atom. The topological polar surface area (TPSA) is 75.7 Å². The number of carbonyl (C=O) groups is 1. The predicted molar refractivity (Wildman–Crippen MR) is 126 cm³/mol. The molecule has 0 aliphatic carbocycles. The van der Waals surface area contributed by atoms with Gasteiger partial charge in [0.2, 0.25) is 0 Å². The molecule has 0 saturated carbocycles. The van der Waals surface area contributed by atoms with Gasteiger partial charge in [0.05, 0.1) is 17.1 Å². The molecule has 0 spiro atoms. The number of sulfonamides is 1. The lowest BCUT2D eigenvalue weighted by molar-refractivity contribution is -0.122. The first-order chi connectivity index (χ1) is 15.3. The lowest BCUT2D eigenvalue weighted by atomic mass is 10.1. The molecule has 1 heterocycles. The van der Waals surface area contributed by atoms with Gasteiger partial charge in [0.25, 0.3) is 15.9 Å². The Labute approximate surface area is 188 Å². The van der Waals surface area contributed by atoms with Crippen LogP contribution in [0.5, 0.6) is 5.75 Å². The Morgan fingerprint density at radius 2 is 1.72 bits per heavy atom. The molecule has 0 unspecified atom stereocenters. The SMILES string of the molecule is CCc1ccccc1NC(=O)[C@H]1CN(S(=O)(=O)c2ccc(C)cc2)c2ccc(C)cc2O1. The third-order valence-corrected chi connectivity index (χ3v) is 7.34. The number of rotatable bonds is 5. The number of aryl methyl sites for hydroxylation is 3. The first-order valence-electron chi connectivity index (χ1n) is 10.5. The highest BCUT2D eigenvalue weighted by Gasteiger charge is 2.37. The van der Waals surface area contributed by atoms with Crippen LogP contribution in [0.3, 0.4) is 0 Å². The summed E-state index contributed by atoms with van der Waals surface area (Å²) < 4.78 is 34.3. The van der Waals surface area contributed by atoms with Crippen molar-refractivity contribution in [2.75, 3.05) is 16.2 Å². The van der Waals surface area contributed by atoms with Crippen LogP contribution in [0.25, 0.3) is 0 Å². The monoisotopic (exact) mass is 450 g/mol. The van der Waals surface area contributed by atoms with E-state index in [1.54, 1.807) is 36.4 Å². The van der Waals surface area contributed by atoms with Crippen molar-refractivity contribution in [2.45, 2.75) is 38.2 Å². The summed E-state index contributed by atoms with van der Waals surface area (Å²) in [6, 6.07) is 19.5. The minimum absolute atomic E-state index is 0.119. The number of carbonyl (C=O) groups excluding carboxylic acids is 1. The van der Waals surface area contributed by atoms with Gasteiger partial charge in [-0.25, -0.2) is 8.42 Å². The summed E-state index contributed by atoms with van der Waals surface area (Å²) in [5.41, 5.74) is 4.00. The molecule has 0 bridgehead atoms. The molecule has 0 radical (unpaired) electrons. The molecule has 7 heteroatoms. The first kappa shape index (κ1) is 21.9. The van der Waals surface area contributed by atoms with E-state index < -0.39 is 16.1 Å². The van der Waals surface area contributed by atoms with Crippen molar-refractivity contribution in [2.24, 2.45) is 0 Å². The van der Waals surface area contributed by atoms with Gasteiger partial charge >= 0.3 is 0 Å². The van der Waals surface area contributed by atoms with Gasteiger partial charge in [0, 0.05) is 5.69 Å². The average molecular weight is 451 g/mol. The third kappa shape index (κ3) is 4.21. The van der Waals surface area contributed by atoms with E-state index in [0.717, 1.165) is 23.1 Å². The van der Waals surface area contributed by atoms with Crippen molar-refractivity contribution in [1.82, 2.24) is 0 Å². The number of benzene rings is 3. The van der Waals surface area contributed by atoms with Crippen molar-refractivity contribution < 1.29 is 17.9 Å². The standard InChI is InChI=1S/C25H26N2O4S/c1-4-19-7-5-6-8-21(19)26-25(28)24-16-27(22-14-11-18(3)15-23(22)31-24)32(29,30)20-12-9-17(2)10-13-20/h5-15,24H,4,16H2,1-3H3,(H,26,28)/t24-/m1/s1. The van der Waals surface area contributed by atoms with Crippen LogP contribution >= 0.6 is 0 Å². The number of nitrogens with zero attached hydrogens (tertiary/aromatic N) is 1. The predicted octanol–water partition coefficient (Wildman–Crippen LogP) is 4.46. The Morgan fingerprint density at radius 1 is 1.03 bits per heavy atom. The maximum Gasteiger partial charge on any atom is 0.267 e. The van der Waals surface area contributed by atoms with Crippen LogP contribution in [0.4, 0.5) is 11.4 Å². The Balaban J connectivity index is 1.70. The number of para-hydroxylation sites is 1. The molecule has 1 aliphatic heterocycles. The van der Waals surface area contributed by atoms with Gasteiger partial charge < -0.3 is 10.1 Å². The maximum absolute atomic E-state index is 13.5. The quantitative estimate of drug-likeness (QED) is 0.623. The third-order valence-electron chi connectivity index (χ3n) is 5.54. The van der Waals surface area contributed by atoms with Crippen molar-refractivity contribution in [3.05, 3.63) is 83.4 Å².